The first-order valence-corrected chi connectivity index (χ1v) is 28.1. The van der Waals surface area contributed by atoms with Gasteiger partial charge in [-0.25, -0.2) is 0 Å². The molecule has 3 aliphatic heterocycles. The highest BCUT2D eigenvalue weighted by atomic mass is 32.1. The number of para-hydroxylation sites is 2. The molecule has 1 aromatic heterocycles. The highest BCUT2D eigenvalue weighted by Crippen LogP contribution is 2.61. The van der Waals surface area contributed by atoms with Crippen molar-refractivity contribution in [1.82, 2.24) is 0 Å². The zero-order valence-corrected chi connectivity index (χ0v) is 46.0. The van der Waals surface area contributed by atoms with Crippen LogP contribution in [0.5, 0.6) is 23.0 Å². The molecule has 0 amide bonds. The van der Waals surface area contributed by atoms with E-state index in [1.807, 2.05) is 35.6 Å². The van der Waals surface area contributed by atoms with Gasteiger partial charge < -0.3 is 19.2 Å². The maximum Gasteiger partial charge on any atom is 0.333 e. The second-order valence-corrected chi connectivity index (χ2v) is 26.2. The van der Waals surface area contributed by atoms with Crippen molar-refractivity contribution in [3.63, 3.8) is 0 Å². The van der Waals surface area contributed by atoms with Crippen LogP contribution >= 0.6 is 11.3 Å². The van der Waals surface area contributed by atoms with Crippen LogP contribution in [0.1, 0.15) is 109 Å². The molecule has 0 fully saturated rings. The number of hydrogen-bond donors (Lipinski definition) is 0. The summed E-state index contributed by atoms with van der Waals surface area (Å²) >= 11 is 1.89. The normalized spacial score (nSPS) is 16.6. The third kappa shape index (κ3) is 6.37. The molecular formula is C70H61BN2O2S. The van der Waals surface area contributed by atoms with Crippen LogP contribution in [0.15, 0.2) is 164 Å². The molecule has 9 aromatic carbocycles. The van der Waals surface area contributed by atoms with Crippen molar-refractivity contribution in [1.29, 1.82) is 0 Å². The zero-order chi connectivity index (χ0) is 51.9. The molecule has 10 aromatic rings. The summed E-state index contributed by atoms with van der Waals surface area (Å²) in [5.74, 6) is 2.88. The van der Waals surface area contributed by atoms with Crippen molar-refractivity contribution in [3.05, 3.63) is 197 Å². The van der Waals surface area contributed by atoms with Crippen molar-refractivity contribution in [2.75, 3.05) is 9.71 Å². The van der Waals surface area contributed by atoms with Crippen LogP contribution in [0.4, 0.5) is 28.4 Å². The maximum atomic E-state index is 7.00. The van der Waals surface area contributed by atoms with Crippen LogP contribution in [-0.2, 0) is 21.7 Å². The van der Waals surface area contributed by atoms with Gasteiger partial charge in [-0.15, -0.1) is 11.3 Å². The Bertz CT molecular complexity index is 4170. The molecule has 0 saturated carbocycles. The predicted molar refractivity (Wildman–Crippen MR) is 321 cm³/mol. The zero-order valence-electron chi connectivity index (χ0n) is 45.2. The van der Waals surface area contributed by atoms with Gasteiger partial charge in [-0.05, 0) is 163 Å². The molecule has 0 N–H and O–H groups in total. The highest BCUT2D eigenvalue weighted by Gasteiger charge is 2.52. The van der Waals surface area contributed by atoms with E-state index in [1.165, 1.54) is 121 Å². The number of thiophene rings is 1. The first-order valence-electron chi connectivity index (χ1n) is 27.3. The number of hydrogen-bond acceptors (Lipinski definition) is 5. The van der Waals surface area contributed by atoms with E-state index in [4.69, 9.17) is 9.47 Å². The van der Waals surface area contributed by atoms with Crippen molar-refractivity contribution in [2.45, 2.75) is 104 Å². The summed E-state index contributed by atoms with van der Waals surface area (Å²) in [5.41, 5.74) is 23.7. The van der Waals surface area contributed by atoms with Gasteiger partial charge in [-0.2, -0.15) is 0 Å². The Balaban J connectivity index is 1.14. The van der Waals surface area contributed by atoms with Crippen molar-refractivity contribution >= 4 is 77.7 Å². The summed E-state index contributed by atoms with van der Waals surface area (Å²) < 4.78 is 16.6. The second kappa shape index (κ2) is 15.5. The fourth-order valence-corrected chi connectivity index (χ4v) is 15.2. The first kappa shape index (κ1) is 45.8. The third-order valence-corrected chi connectivity index (χ3v) is 19.3. The van der Waals surface area contributed by atoms with E-state index < -0.39 is 0 Å². The Hall–Kier alpha value is -7.54. The lowest BCUT2D eigenvalue weighted by atomic mass is 9.42. The van der Waals surface area contributed by atoms with Gasteiger partial charge in [0.2, 0.25) is 0 Å². The van der Waals surface area contributed by atoms with Crippen molar-refractivity contribution in [3.8, 4) is 56.4 Å². The molecule has 4 nitrogen and oxygen atoms in total. The van der Waals surface area contributed by atoms with E-state index in [1.54, 1.807) is 0 Å². The van der Waals surface area contributed by atoms with Gasteiger partial charge in [0, 0.05) is 71.2 Å². The monoisotopic (exact) mass is 1000 g/mol. The summed E-state index contributed by atoms with van der Waals surface area (Å²) in [5, 5.41) is 2.59. The summed E-state index contributed by atoms with van der Waals surface area (Å²) in [6.07, 6.45) is 2.28. The molecule has 372 valence electrons. The molecule has 0 saturated heterocycles. The lowest BCUT2D eigenvalue weighted by molar-refractivity contribution is 0.332. The summed E-state index contributed by atoms with van der Waals surface area (Å²) in [7, 11) is 0. The van der Waals surface area contributed by atoms with Crippen LogP contribution in [0, 0.1) is 6.92 Å². The quantitative estimate of drug-likeness (QED) is 0.165. The highest BCUT2D eigenvalue weighted by molar-refractivity contribution is 7.25. The molecule has 0 atom stereocenters. The summed E-state index contributed by atoms with van der Waals surface area (Å²) in [6.45, 7) is 23.8. The molecular weight excluding hydrogens is 944 g/mol. The molecule has 2 aliphatic carbocycles. The Labute approximate surface area is 451 Å². The molecule has 0 radical (unpaired) electrons. The van der Waals surface area contributed by atoms with Gasteiger partial charge in [-0.3, -0.25) is 0 Å². The SMILES string of the molecule is Cc1cc2c(cc1N1c3cc4c(cc3B3c5c(cc6c(c51)C(C)(C)c1ccccc1-6)-c1cc5c(cc1N3c1ccc(C(C)(C)C)cc1-c1ccccc1)sc1ccccc15)Oc1ccccc1O4)C(C)(C)CCC2(C)C. The van der Waals surface area contributed by atoms with E-state index in [0.717, 1.165) is 35.8 Å². The Morgan fingerprint density at radius 1 is 0.500 bits per heavy atom. The van der Waals surface area contributed by atoms with Gasteiger partial charge in [-0.1, -0.05) is 159 Å². The molecule has 15 rings (SSSR count). The molecule has 4 heterocycles. The topological polar surface area (TPSA) is 24.9 Å². The van der Waals surface area contributed by atoms with Gasteiger partial charge >= 0.3 is 6.85 Å². The molecule has 0 unspecified atom stereocenters. The number of ether oxygens (including phenoxy) is 2. The van der Waals surface area contributed by atoms with Crippen LogP contribution in [0.25, 0.3) is 53.6 Å². The molecule has 6 heteroatoms. The third-order valence-electron chi connectivity index (χ3n) is 18.2. The minimum absolute atomic E-state index is 0.0178. The molecule has 5 aliphatic rings. The predicted octanol–water partition coefficient (Wildman–Crippen LogP) is 18.6. The summed E-state index contributed by atoms with van der Waals surface area (Å²) in [6, 6.07) is 62.0. The fourth-order valence-electron chi connectivity index (χ4n) is 14.0. The maximum absolute atomic E-state index is 7.00. The smallest absolute Gasteiger partial charge is 0.333 e. The van der Waals surface area contributed by atoms with Crippen LogP contribution in [0.3, 0.4) is 0 Å². The Morgan fingerprint density at radius 2 is 1.17 bits per heavy atom. The average molecular weight is 1010 g/mol. The second-order valence-electron chi connectivity index (χ2n) is 25.2. The number of aryl methyl sites for hydroxylation is 1. The minimum Gasteiger partial charge on any atom is -0.450 e. The summed E-state index contributed by atoms with van der Waals surface area (Å²) in [4.78, 5) is 5.42. The Morgan fingerprint density at radius 3 is 1.92 bits per heavy atom. The minimum atomic E-state index is -0.352. The van der Waals surface area contributed by atoms with Crippen LogP contribution < -0.4 is 30.1 Å². The van der Waals surface area contributed by atoms with Gasteiger partial charge in [0.25, 0.3) is 0 Å². The molecule has 76 heavy (non-hydrogen) atoms. The fraction of sp³-hybridized carbons (Fsp3) is 0.229. The van der Waals surface area contributed by atoms with Crippen molar-refractivity contribution < 1.29 is 9.47 Å². The number of rotatable bonds is 3. The van der Waals surface area contributed by atoms with Gasteiger partial charge in [0.15, 0.2) is 23.0 Å². The number of fused-ring (bicyclic) bond motifs is 14. The van der Waals surface area contributed by atoms with E-state index in [0.29, 0.717) is 5.75 Å². The van der Waals surface area contributed by atoms with E-state index in [9.17, 15) is 0 Å². The lowest BCUT2D eigenvalue weighted by Gasteiger charge is -2.49. The van der Waals surface area contributed by atoms with Crippen molar-refractivity contribution in [2.24, 2.45) is 0 Å². The molecule has 0 spiro atoms. The lowest BCUT2D eigenvalue weighted by Crippen LogP contribution is -2.62. The van der Waals surface area contributed by atoms with Crippen LogP contribution in [0.2, 0.25) is 0 Å². The van der Waals surface area contributed by atoms with Gasteiger partial charge in [0.05, 0.1) is 0 Å². The van der Waals surface area contributed by atoms with Crippen LogP contribution in [-0.4, -0.2) is 6.85 Å². The molecule has 0 bridgehead atoms. The average Bonchev–Trinajstić information content (AvgIpc) is 4.08. The number of benzene rings is 9. The standard InChI is InChI=1S/C70H61BN2O2S/c1-40-32-51-52(69(7,8)31-30-68(51,5)6)36-55(40)72-57-38-61-60(74-58-25-17-18-26-59(58)75-61)37-53(57)71-65-49(35-48-43-22-14-16-24-50(43)70(9,10)64(48)66(65)72)46-34-47-44-23-15-19-27-62(44)76-63(47)39-56(46)73(71)54-29-28-42(67(2,3)4)33-45(54)41-20-12-11-13-21-41/h11-29,32-39H,30-31H2,1-10H3. The first-order chi connectivity index (χ1) is 36.5. The largest absolute Gasteiger partial charge is 0.450 e. The van der Waals surface area contributed by atoms with Gasteiger partial charge in [0.1, 0.15) is 0 Å². The van der Waals surface area contributed by atoms with E-state index in [2.05, 4.69) is 218 Å². The Kier molecular flexibility index (Phi) is 9.37. The van der Waals surface area contributed by atoms with E-state index in [-0.39, 0.29) is 28.5 Å². The number of anilines is 5. The van der Waals surface area contributed by atoms with E-state index >= 15 is 0 Å². The number of nitrogens with zero attached hydrogens (tertiary/aromatic N) is 2.